The number of carbonyl (C=O) groups excluding carboxylic acids is 2. The molecule has 0 fully saturated rings. The number of hydrogen-bond donors (Lipinski definition) is 1. The molecule has 1 atom stereocenters. The number of nitrogens with one attached hydrogen (secondary N) is 1. The maximum atomic E-state index is 12.5. The number of para-hydroxylation sites is 1. The van der Waals surface area contributed by atoms with Crippen molar-refractivity contribution in [1.29, 1.82) is 0 Å². The lowest BCUT2D eigenvalue weighted by Gasteiger charge is -2.19. The van der Waals surface area contributed by atoms with Crippen molar-refractivity contribution in [2.75, 3.05) is 18.5 Å². The van der Waals surface area contributed by atoms with Gasteiger partial charge < -0.3 is 14.8 Å². The van der Waals surface area contributed by atoms with Crippen molar-refractivity contribution in [3.05, 3.63) is 44.7 Å². The molecule has 0 radical (unpaired) electrons. The van der Waals surface area contributed by atoms with Crippen LogP contribution in [0.1, 0.15) is 53.4 Å². The topological polar surface area (TPSA) is 64.6 Å². The first-order chi connectivity index (χ1) is 13.0. The van der Waals surface area contributed by atoms with Crippen LogP contribution in [-0.2, 0) is 16.0 Å². The van der Waals surface area contributed by atoms with Gasteiger partial charge in [-0.15, -0.1) is 11.3 Å². The number of benzene rings is 1. The van der Waals surface area contributed by atoms with Gasteiger partial charge in [0.25, 0.3) is 5.91 Å². The van der Waals surface area contributed by atoms with E-state index in [4.69, 9.17) is 9.47 Å². The molecule has 1 aliphatic rings. The van der Waals surface area contributed by atoms with Crippen LogP contribution in [0.25, 0.3) is 0 Å². The average molecular weight is 452 g/mol. The van der Waals surface area contributed by atoms with Gasteiger partial charge >= 0.3 is 5.97 Å². The monoisotopic (exact) mass is 451 g/mol. The number of amides is 1. The molecule has 1 unspecified atom stereocenters. The highest BCUT2D eigenvalue weighted by Crippen LogP contribution is 2.43. The molecule has 5 nitrogen and oxygen atoms in total. The van der Waals surface area contributed by atoms with E-state index < -0.39 is 0 Å². The van der Waals surface area contributed by atoms with Crippen molar-refractivity contribution < 1.29 is 19.1 Å². The molecular formula is C20H22BrNO4S. The fourth-order valence-corrected chi connectivity index (χ4v) is 5.04. The van der Waals surface area contributed by atoms with Crippen molar-refractivity contribution >= 4 is 44.1 Å². The van der Waals surface area contributed by atoms with Gasteiger partial charge in [0, 0.05) is 4.88 Å². The summed E-state index contributed by atoms with van der Waals surface area (Å²) in [6.07, 6.45) is 3.06. The van der Waals surface area contributed by atoms with Gasteiger partial charge in [0.1, 0.15) is 10.8 Å². The predicted octanol–water partition coefficient (Wildman–Crippen LogP) is 5.14. The molecule has 2 aromatic rings. The lowest BCUT2D eigenvalue weighted by Crippen LogP contribution is -2.21. The summed E-state index contributed by atoms with van der Waals surface area (Å²) in [5.74, 6) is 0.206. The van der Waals surface area contributed by atoms with Gasteiger partial charge in [-0.05, 0) is 65.7 Å². The van der Waals surface area contributed by atoms with E-state index in [9.17, 15) is 9.59 Å². The second-order valence-electron chi connectivity index (χ2n) is 6.42. The second kappa shape index (κ2) is 8.89. The fourth-order valence-electron chi connectivity index (χ4n) is 3.27. The lowest BCUT2D eigenvalue weighted by atomic mass is 9.86. The quantitative estimate of drug-likeness (QED) is 0.617. The Bertz CT molecular complexity index is 849. The Morgan fingerprint density at radius 1 is 1.33 bits per heavy atom. The van der Waals surface area contributed by atoms with Gasteiger partial charge in [0.2, 0.25) is 0 Å². The molecule has 1 heterocycles. The van der Waals surface area contributed by atoms with E-state index in [0.717, 1.165) is 29.3 Å². The number of ether oxygens (including phenoxy) is 2. The molecule has 0 aliphatic heterocycles. The van der Waals surface area contributed by atoms with Gasteiger partial charge in [-0.25, -0.2) is 4.79 Å². The maximum absolute atomic E-state index is 12.5. The van der Waals surface area contributed by atoms with Crippen molar-refractivity contribution in [3.8, 4) is 5.75 Å². The van der Waals surface area contributed by atoms with E-state index in [0.29, 0.717) is 22.9 Å². The Hall–Kier alpha value is -1.86. The minimum atomic E-state index is -0.370. The maximum Gasteiger partial charge on any atom is 0.341 e. The number of carbonyl (C=O) groups is 2. The summed E-state index contributed by atoms with van der Waals surface area (Å²) in [6, 6.07) is 7.35. The first-order valence-electron chi connectivity index (χ1n) is 9.01. The van der Waals surface area contributed by atoms with Gasteiger partial charge in [-0.1, -0.05) is 19.1 Å². The standard InChI is InChI=1S/C20H22BrNO4S/c1-3-25-20(24)18-17-12(2)7-6-10-15(17)27-19(18)22-16(23)11-26-14-9-5-4-8-13(14)21/h4-5,8-9,12H,3,6-7,10-11H2,1-2H3,(H,22,23). The SMILES string of the molecule is CCOC(=O)c1c(NC(=O)COc2ccccc2Br)sc2c1C(C)CCC2. The Kier molecular flexibility index (Phi) is 6.55. The second-order valence-corrected chi connectivity index (χ2v) is 8.38. The first-order valence-corrected chi connectivity index (χ1v) is 10.6. The predicted molar refractivity (Wildman–Crippen MR) is 110 cm³/mol. The van der Waals surface area contributed by atoms with Crippen molar-refractivity contribution in [2.24, 2.45) is 0 Å². The highest BCUT2D eigenvalue weighted by atomic mass is 79.9. The number of rotatable bonds is 6. The van der Waals surface area contributed by atoms with Crippen LogP contribution in [-0.4, -0.2) is 25.1 Å². The third-order valence-electron chi connectivity index (χ3n) is 4.48. The number of hydrogen-bond acceptors (Lipinski definition) is 5. The van der Waals surface area contributed by atoms with Crippen LogP contribution in [0, 0.1) is 0 Å². The molecular weight excluding hydrogens is 430 g/mol. The number of halogens is 1. The minimum Gasteiger partial charge on any atom is -0.483 e. The largest absolute Gasteiger partial charge is 0.483 e. The molecule has 1 aromatic heterocycles. The summed E-state index contributed by atoms with van der Waals surface area (Å²) in [5, 5.41) is 3.42. The molecule has 0 saturated heterocycles. The van der Waals surface area contributed by atoms with E-state index in [1.165, 1.54) is 16.2 Å². The molecule has 0 saturated carbocycles. The van der Waals surface area contributed by atoms with E-state index in [-0.39, 0.29) is 24.4 Å². The highest BCUT2D eigenvalue weighted by Gasteiger charge is 2.30. The zero-order valence-electron chi connectivity index (χ0n) is 15.3. The summed E-state index contributed by atoms with van der Waals surface area (Å²) in [6.45, 7) is 4.07. The molecule has 1 aliphatic carbocycles. The van der Waals surface area contributed by atoms with Crippen LogP contribution in [0.15, 0.2) is 28.7 Å². The molecule has 144 valence electrons. The van der Waals surface area contributed by atoms with E-state index in [1.54, 1.807) is 13.0 Å². The zero-order valence-corrected chi connectivity index (χ0v) is 17.7. The van der Waals surface area contributed by atoms with Crippen LogP contribution in [0.2, 0.25) is 0 Å². The summed E-state index contributed by atoms with van der Waals surface area (Å²) in [5.41, 5.74) is 1.55. The lowest BCUT2D eigenvalue weighted by molar-refractivity contribution is -0.118. The normalized spacial score (nSPS) is 15.7. The third-order valence-corrected chi connectivity index (χ3v) is 6.32. The first kappa shape index (κ1) is 19.9. The van der Waals surface area contributed by atoms with Gasteiger partial charge in [0.05, 0.1) is 16.6 Å². The van der Waals surface area contributed by atoms with E-state index in [2.05, 4.69) is 28.2 Å². The Labute approximate surface area is 171 Å². The number of aryl methyl sites for hydroxylation is 1. The summed E-state index contributed by atoms with van der Waals surface area (Å²) < 4.78 is 11.6. The van der Waals surface area contributed by atoms with Crippen molar-refractivity contribution in [1.82, 2.24) is 0 Å². The zero-order chi connectivity index (χ0) is 19.4. The van der Waals surface area contributed by atoms with Crippen LogP contribution >= 0.6 is 27.3 Å². The molecule has 0 spiro atoms. The number of fused-ring (bicyclic) bond motifs is 1. The van der Waals surface area contributed by atoms with Crippen LogP contribution in [0.5, 0.6) is 5.75 Å². The van der Waals surface area contributed by atoms with Crippen LogP contribution < -0.4 is 10.1 Å². The molecule has 3 rings (SSSR count). The molecule has 27 heavy (non-hydrogen) atoms. The van der Waals surface area contributed by atoms with Gasteiger partial charge in [-0.3, -0.25) is 4.79 Å². The minimum absolute atomic E-state index is 0.136. The average Bonchev–Trinajstić information content (AvgIpc) is 3.00. The Balaban J connectivity index is 1.78. The van der Waals surface area contributed by atoms with Gasteiger partial charge in [0.15, 0.2) is 6.61 Å². The third kappa shape index (κ3) is 4.52. The summed E-state index contributed by atoms with van der Waals surface area (Å²) >= 11 is 4.87. The summed E-state index contributed by atoms with van der Waals surface area (Å²) in [4.78, 5) is 26.1. The number of anilines is 1. The summed E-state index contributed by atoms with van der Waals surface area (Å²) in [7, 11) is 0. The molecule has 7 heteroatoms. The van der Waals surface area contributed by atoms with Crippen LogP contribution in [0.3, 0.4) is 0 Å². The number of thiophene rings is 1. The molecule has 1 aromatic carbocycles. The molecule has 1 N–H and O–H groups in total. The van der Waals surface area contributed by atoms with E-state index in [1.807, 2.05) is 18.2 Å². The van der Waals surface area contributed by atoms with E-state index >= 15 is 0 Å². The van der Waals surface area contributed by atoms with Gasteiger partial charge in [-0.2, -0.15) is 0 Å². The van der Waals surface area contributed by atoms with Crippen molar-refractivity contribution in [3.63, 3.8) is 0 Å². The Morgan fingerprint density at radius 2 is 2.11 bits per heavy atom. The smallest absolute Gasteiger partial charge is 0.341 e. The highest BCUT2D eigenvalue weighted by molar-refractivity contribution is 9.10. The number of esters is 1. The van der Waals surface area contributed by atoms with Crippen molar-refractivity contribution in [2.45, 2.75) is 39.0 Å². The molecule has 1 amide bonds. The fraction of sp³-hybridized carbons (Fsp3) is 0.400. The van der Waals surface area contributed by atoms with Crippen LogP contribution in [0.4, 0.5) is 5.00 Å². The molecule has 0 bridgehead atoms. The Morgan fingerprint density at radius 3 is 2.85 bits per heavy atom.